The van der Waals surface area contributed by atoms with Crippen molar-refractivity contribution in [2.24, 2.45) is 0 Å². The zero-order valence-corrected chi connectivity index (χ0v) is 33.2. The summed E-state index contributed by atoms with van der Waals surface area (Å²) in [4.78, 5) is 30.6. The van der Waals surface area contributed by atoms with Gasteiger partial charge >= 0.3 is 0 Å². The summed E-state index contributed by atoms with van der Waals surface area (Å²) in [5.41, 5.74) is 9.82. The quantitative estimate of drug-likeness (QED) is 0.160. The van der Waals surface area contributed by atoms with Crippen molar-refractivity contribution in [2.45, 2.75) is 0 Å². The van der Waals surface area contributed by atoms with E-state index in [4.69, 9.17) is 29.9 Å². The molecule has 0 atom stereocenters. The number of nitrogens with zero attached hydrogens (tertiary/aromatic N) is 8. The van der Waals surface area contributed by atoms with E-state index in [1.165, 1.54) is 0 Å². The monoisotopic (exact) mass is 794 g/mol. The van der Waals surface area contributed by atoms with Crippen LogP contribution in [-0.4, -0.2) is 39.0 Å². The highest BCUT2D eigenvalue weighted by molar-refractivity contribution is 6.11. The summed E-state index contributed by atoms with van der Waals surface area (Å²) >= 11 is 0. The van der Waals surface area contributed by atoms with E-state index in [1.54, 1.807) is 0 Å². The summed E-state index contributed by atoms with van der Waals surface area (Å²) in [7, 11) is 0. The van der Waals surface area contributed by atoms with Crippen LogP contribution in [0.1, 0.15) is 0 Å². The van der Waals surface area contributed by atoms with E-state index in [-0.39, 0.29) is 0 Å². The fourth-order valence-electron chi connectivity index (χ4n) is 8.54. The molecule has 0 saturated carbocycles. The van der Waals surface area contributed by atoms with Gasteiger partial charge in [0.15, 0.2) is 29.1 Å². The third-order valence-corrected chi connectivity index (χ3v) is 11.4. The molecule has 0 amide bonds. The molecule has 0 aliphatic heterocycles. The molecule has 8 heteroatoms. The molecule has 0 radical (unpaired) electrons. The van der Waals surface area contributed by atoms with Gasteiger partial charge in [-0.2, -0.15) is 9.97 Å². The van der Waals surface area contributed by atoms with Gasteiger partial charge in [-0.25, -0.2) is 19.9 Å². The molecule has 290 valence electrons. The summed E-state index contributed by atoms with van der Waals surface area (Å²) in [6.45, 7) is 0. The van der Waals surface area contributed by atoms with Crippen LogP contribution in [0.4, 0.5) is 0 Å². The van der Waals surface area contributed by atoms with E-state index < -0.39 is 0 Å². The molecule has 0 unspecified atom stereocenters. The van der Waals surface area contributed by atoms with Crippen LogP contribution in [0, 0.1) is 0 Å². The molecule has 0 spiro atoms. The largest absolute Gasteiger partial charge is 0.309 e. The minimum atomic E-state index is 0.537. The molecule has 0 bridgehead atoms. The summed E-state index contributed by atoms with van der Waals surface area (Å²) in [6.07, 6.45) is 0. The van der Waals surface area contributed by atoms with E-state index in [9.17, 15) is 0 Å². The molecule has 0 aliphatic carbocycles. The van der Waals surface area contributed by atoms with E-state index in [1.807, 2.05) is 97.1 Å². The third kappa shape index (κ3) is 6.00. The van der Waals surface area contributed by atoms with Crippen molar-refractivity contribution in [1.82, 2.24) is 39.0 Å². The highest BCUT2D eigenvalue weighted by Crippen LogP contribution is 2.37. The second-order valence-electron chi connectivity index (χ2n) is 15.2. The number of benzene rings is 8. The van der Waals surface area contributed by atoms with Crippen molar-refractivity contribution in [3.63, 3.8) is 0 Å². The molecule has 8 nitrogen and oxygen atoms in total. The molecular weight excluding hydrogens is 761 g/mol. The minimum absolute atomic E-state index is 0.537. The Hall–Kier alpha value is -8.62. The Morgan fingerprint density at radius 3 is 1.05 bits per heavy atom. The van der Waals surface area contributed by atoms with Crippen LogP contribution in [0.3, 0.4) is 0 Å². The van der Waals surface area contributed by atoms with Gasteiger partial charge in [-0.05, 0) is 60.7 Å². The standard InChI is InChI=1S/C54H34N8/c1-5-17-35(18-6-1)49-55-52(38-29-31-47-43(33-38)41-25-13-15-27-45(41)61(47)40-23-11-4-12-24-40)58-53(56-49)39-30-32-48-44(34-39)42-26-14-16-28-46(42)62(48)54-59-50(36-19-7-2-8-20-36)57-51(60-54)37-21-9-3-10-22-37/h1-34H. The number of hydrogen-bond acceptors (Lipinski definition) is 6. The molecule has 0 fully saturated rings. The Morgan fingerprint density at radius 2 is 0.581 bits per heavy atom. The lowest BCUT2D eigenvalue weighted by Gasteiger charge is -2.11. The van der Waals surface area contributed by atoms with Crippen molar-refractivity contribution in [1.29, 1.82) is 0 Å². The molecular formula is C54H34N8. The van der Waals surface area contributed by atoms with Crippen molar-refractivity contribution < 1.29 is 0 Å². The summed E-state index contributed by atoms with van der Waals surface area (Å²) < 4.78 is 4.45. The Balaban J connectivity index is 1.04. The summed E-state index contributed by atoms with van der Waals surface area (Å²) in [6, 6.07) is 70.5. The lowest BCUT2D eigenvalue weighted by atomic mass is 10.1. The topological polar surface area (TPSA) is 87.2 Å². The van der Waals surface area contributed by atoms with Gasteiger partial charge in [0, 0.05) is 55.0 Å². The fourth-order valence-corrected chi connectivity index (χ4v) is 8.54. The predicted octanol–water partition coefficient (Wildman–Crippen LogP) is 12.6. The molecule has 12 rings (SSSR count). The Morgan fingerprint density at radius 1 is 0.242 bits per heavy atom. The molecule has 0 N–H and O–H groups in total. The van der Waals surface area contributed by atoms with E-state index in [0.717, 1.165) is 77.1 Å². The summed E-state index contributed by atoms with van der Waals surface area (Å²) in [5, 5.41) is 4.38. The van der Waals surface area contributed by atoms with Crippen LogP contribution in [0.5, 0.6) is 0 Å². The van der Waals surface area contributed by atoms with Gasteiger partial charge in [0.1, 0.15) is 0 Å². The Labute approximate surface area is 356 Å². The molecule has 0 aliphatic rings. The first-order chi connectivity index (χ1) is 30.7. The van der Waals surface area contributed by atoms with Crippen LogP contribution in [0.15, 0.2) is 206 Å². The van der Waals surface area contributed by atoms with Gasteiger partial charge < -0.3 is 4.57 Å². The van der Waals surface area contributed by atoms with Gasteiger partial charge in [0.25, 0.3) is 0 Å². The number of hydrogen-bond donors (Lipinski definition) is 0. The molecule has 8 aromatic carbocycles. The highest BCUT2D eigenvalue weighted by Gasteiger charge is 2.21. The maximum absolute atomic E-state index is 5.22. The van der Waals surface area contributed by atoms with E-state index in [0.29, 0.717) is 35.1 Å². The van der Waals surface area contributed by atoms with Crippen molar-refractivity contribution in [2.75, 3.05) is 0 Å². The third-order valence-electron chi connectivity index (χ3n) is 11.4. The molecule has 4 heterocycles. The van der Waals surface area contributed by atoms with Crippen LogP contribution in [0.25, 0.3) is 112 Å². The van der Waals surface area contributed by atoms with Gasteiger partial charge in [0.2, 0.25) is 5.95 Å². The SMILES string of the molecule is c1ccc(-c2nc(-c3ccc4c(c3)c3ccccc3n4-c3ccccc3)nc(-c3ccc4c(c3)c3ccccc3n4-c3nc(-c4ccccc4)nc(-c4ccccc4)n3)n2)cc1. The van der Waals surface area contributed by atoms with Crippen molar-refractivity contribution in [3.05, 3.63) is 206 Å². The maximum Gasteiger partial charge on any atom is 0.238 e. The second-order valence-corrected chi connectivity index (χ2v) is 15.2. The zero-order chi connectivity index (χ0) is 41.0. The summed E-state index contributed by atoms with van der Waals surface area (Å²) in [5.74, 6) is 3.53. The number of para-hydroxylation sites is 3. The van der Waals surface area contributed by atoms with Crippen LogP contribution >= 0.6 is 0 Å². The van der Waals surface area contributed by atoms with E-state index in [2.05, 4.69) is 118 Å². The normalized spacial score (nSPS) is 11.5. The minimum Gasteiger partial charge on any atom is -0.309 e. The number of fused-ring (bicyclic) bond motifs is 6. The van der Waals surface area contributed by atoms with Gasteiger partial charge in [0.05, 0.1) is 22.1 Å². The van der Waals surface area contributed by atoms with Crippen LogP contribution in [0.2, 0.25) is 0 Å². The van der Waals surface area contributed by atoms with Gasteiger partial charge in [-0.3, -0.25) is 4.57 Å². The van der Waals surface area contributed by atoms with E-state index >= 15 is 0 Å². The first-order valence-corrected chi connectivity index (χ1v) is 20.5. The molecule has 12 aromatic rings. The van der Waals surface area contributed by atoms with Crippen LogP contribution < -0.4 is 0 Å². The lowest BCUT2D eigenvalue weighted by Crippen LogP contribution is -2.06. The Kier molecular flexibility index (Phi) is 8.31. The average molecular weight is 795 g/mol. The lowest BCUT2D eigenvalue weighted by molar-refractivity contribution is 0.953. The first-order valence-electron chi connectivity index (χ1n) is 20.5. The predicted molar refractivity (Wildman–Crippen MR) is 249 cm³/mol. The van der Waals surface area contributed by atoms with Crippen LogP contribution in [-0.2, 0) is 0 Å². The highest BCUT2D eigenvalue weighted by atomic mass is 15.2. The zero-order valence-electron chi connectivity index (χ0n) is 33.2. The smallest absolute Gasteiger partial charge is 0.238 e. The molecule has 4 aromatic heterocycles. The van der Waals surface area contributed by atoms with Crippen molar-refractivity contribution in [3.8, 4) is 68.6 Å². The number of rotatable bonds is 7. The van der Waals surface area contributed by atoms with Gasteiger partial charge in [-0.1, -0.05) is 146 Å². The second kappa shape index (κ2) is 14.6. The van der Waals surface area contributed by atoms with Gasteiger partial charge in [-0.15, -0.1) is 0 Å². The van der Waals surface area contributed by atoms with Crippen molar-refractivity contribution >= 4 is 43.6 Å². The fraction of sp³-hybridized carbons (Fsp3) is 0. The first kappa shape index (κ1) is 35.3. The molecule has 0 saturated heterocycles. The Bertz CT molecular complexity index is 3560. The maximum atomic E-state index is 5.22. The number of aromatic nitrogens is 8. The average Bonchev–Trinajstić information content (AvgIpc) is 3.87. The molecule has 62 heavy (non-hydrogen) atoms.